The van der Waals surface area contributed by atoms with E-state index in [9.17, 15) is 4.79 Å². The summed E-state index contributed by atoms with van der Waals surface area (Å²) in [5.74, 6) is 4.81. The van der Waals surface area contributed by atoms with Gasteiger partial charge in [-0.2, -0.15) is 0 Å². The van der Waals surface area contributed by atoms with Crippen LogP contribution in [0.1, 0.15) is 12.1 Å². The Morgan fingerprint density at radius 3 is 3.00 bits per heavy atom. The second-order valence-corrected chi connectivity index (χ2v) is 2.42. The van der Waals surface area contributed by atoms with E-state index in [0.717, 1.165) is 0 Å². The zero-order chi connectivity index (χ0) is 9.68. The summed E-state index contributed by atoms with van der Waals surface area (Å²) in [5, 5.41) is 0. The molecule has 0 bridgehead atoms. The van der Waals surface area contributed by atoms with Crippen molar-refractivity contribution in [3.8, 4) is 11.8 Å². The number of nitrogens with zero attached hydrogens (tertiary/aromatic N) is 1. The normalized spacial score (nSPS) is 8.62. The predicted molar refractivity (Wildman–Crippen MR) is 49.3 cm³/mol. The first kappa shape index (κ1) is 9.07. The highest BCUT2D eigenvalue weighted by Gasteiger charge is 1.89. The SMILES string of the molecule is NC(=O)CC#Cc1cc(N)ccn1. The summed E-state index contributed by atoms with van der Waals surface area (Å²) >= 11 is 0. The van der Waals surface area contributed by atoms with Crippen LogP contribution in [-0.2, 0) is 4.79 Å². The van der Waals surface area contributed by atoms with E-state index in [-0.39, 0.29) is 6.42 Å². The smallest absolute Gasteiger partial charge is 0.229 e. The van der Waals surface area contributed by atoms with E-state index in [0.29, 0.717) is 11.4 Å². The highest BCUT2D eigenvalue weighted by Crippen LogP contribution is 2.00. The third-order valence-corrected chi connectivity index (χ3v) is 1.26. The van der Waals surface area contributed by atoms with Crippen molar-refractivity contribution in [2.24, 2.45) is 5.73 Å². The zero-order valence-electron chi connectivity index (χ0n) is 6.95. The van der Waals surface area contributed by atoms with Crippen LogP contribution in [0.3, 0.4) is 0 Å². The average molecular weight is 175 g/mol. The Bertz CT molecular complexity index is 376. The van der Waals surface area contributed by atoms with Gasteiger partial charge in [-0.25, -0.2) is 4.98 Å². The van der Waals surface area contributed by atoms with Crippen LogP contribution in [-0.4, -0.2) is 10.9 Å². The Balaban J connectivity index is 2.72. The molecule has 0 aromatic carbocycles. The molecule has 1 amide bonds. The number of hydrogen-bond donors (Lipinski definition) is 2. The summed E-state index contributed by atoms with van der Waals surface area (Å²) in [6.45, 7) is 0. The molecule has 0 aliphatic carbocycles. The van der Waals surface area contributed by atoms with Gasteiger partial charge < -0.3 is 11.5 Å². The van der Waals surface area contributed by atoms with Gasteiger partial charge in [0.1, 0.15) is 5.69 Å². The number of carbonyl (C=O) groups excluding carboxylic acids is 1. The van der Waals surface area contributed by atoms with Crippen molar-refractivity contribution in [3.05, 3.63) is 24.0 Å². The number of amides is 1. The van der Waals surface area contributed by atoms with Crippen molar-refractivity contribution in [3.63, 3.8) is 0 Å². The van der Waals surface area contributed by atoms with Gasteiger partial charge in [-0.1, -0.05) is 5.92 Å². The largest absolute Gasteiger partial charge is 0.399 e. The third-order valence-electron chi connectivity index (χ3n) is 1.26. The summed E-state index contributed by atoms with van der Waals surface area (Å²) in [5.41, 5.74) is 11.5. The Morgan fingerprint density at radius 1 is 1.62 bits per heavy atom. The molecule has 0 aliphatic heterocycles. The van der Waals surface area contributed by atoms with E-state index >= 15 is 0 Å². The van der Waals surface area contributed by atoms with Gasteiger partial charge in [-0.3, -0.25) is 4.79 Å². The lowest BCUT2D eigenvalue weighted by Crippen LogP contribution is -2.08. The number of rotatable bonds is 1. The lowest BCUT2D eigenvalue weighted by Gasteiger charge is -1.91. The van der Waals surface area contributed by atoms with Gasteiger partial charge in [0.2, 0.25) is 5.91 Å². The van der Waals surface area contributed by atoms with Crippen molar-refractivity contribution < 1.29 is 4.79 Å². The molecule has 0 unspecified atom stereocenters. The standard InChI is InChI=1S/C9H9N3O/c10-7-4-5-12-8(6-7)2-1-3-9(11)13/h4-6H,3H2,(H2,10,12)(H2,11,13). The first-order valence-electron chi connectivity index (χ1n) is 3.67. The van der Waals surface area contributed by atoms with Gasteiger partial charge in [-0.15, -0.1) is 0 Å². The van der Waals surface area contributed by atoms with E-state index in [1.54, 1.807) is 18.3 Å². The number of nitrogen functional groups attached to an aromatic ring is 1. The second kappa shape index (κ2) is 4.12. The van der Waals surface area contributed by atoms with E-state index in [4.69, 9.17) is 11.5 Å². The molecule has 4 N–H and O–H groups in total. The van der Waals surface area contributed by atoms with Gasteiger partial charge in [-0.05, 0) is 18.1 Å². The molecule has 1 rings (SSSR count). The van der Waals surface area contributed by atoms with Crippen LogP contribution in [0.4, 0.5) is 5.69 Å². The first-order valence-corrected chi connectivity index (χ1v) is 3.67. The van der Waals surface area contributed by atoms with Crippen molar-refractivity contribution in [2.75, 3.05) is 5.73 Å². The molecule has 0 saturated carbocycles. The van der Waals surface area contributed by atoms with Crippen molar-refractivity contribution in [1.29, 1.82) is 0 Å². The Labute approximate surface area is 76.0 Å². The molecule has 4 nitrogen and oxygen atoms in total. The molecule has 0 fully saturated rings. The minimum atomic E-state index is -0.448. The van der Waals surface area contributed by atoms with E-state index in [2.05, 4.69) is 16.8 Å². The lowest BCUT2D eigenvalue weighted by molar-refractivity contribution is -0.117. The fourth-order valence-corrected chi connectivity index (χ4v) is 0.737. The number of pyridine rings is 1. The zero-order valence-corrected chi connectivity index (χ0v) is 6.95. The minimum Gasteiger partial charge on any atom is -0.399 e. The molecule has 0 atom stereocenters. The molecule has 0 saturated heterocycles. The fraction of sp³-hybridized carbons (Fsp3) is 0.111. The van der Waals surface area contributed by atoms with Crippen LogP contribution >= 0.6 is 0 Å². The maximum Gasteiger partial charge on any atom is 0.229 e. The topological polar surface area (TPSA) is 82.0 Å². The van der Waals surface area contributed by atoms with Crippen LogP contribution in [0, 0.1) is 11.8 Å². The fourth-order valence-electron chi connectivity index (χ4n) is 0.737. The van der Waals surface area contributed by atoms with E-state index < -0.39 is 5.91 Å². The second-order valence-electron chi connectivity index (χ2n) is 2.42. The number of aromatic nitrogens is 1. The van der Waals surface area contributed by atoms with Gasteiger partial charge in [0.05, 0.1) is 6.42 Å². The molecule has 1 aromatic heterocycles. The highest BCUT2D eigenvalue weighted by molar-refractivity contribution is 5.76. The van der Waals surface area contributed by atoms with E-state index in [1.807, 2.05) is 0 Å². The quantitative estimate of drug-likeness (QED) is 0.584. The van der Waals surface area contributed by atoms with Crippen molar-refractivity contribution in [2.45, 2.75) is 6.42 Å². The van der Waals surface area contributed by atoms with Crippen LogP contribution in [0.2, 0.25) is 0 Å². The molecule has 0 aliphatic rings. The molecule has 0 spiro atoms. The summed E-state index contributed by atoms with van der Waals surface area (Å²) < 4.78 is 0. The van der Waals surface area contributed by atoms with Crippen LogP contribution in [0.5, 0.6) is 0 Å². The monoisotopic (exact) mass is 175 g/mol. The summed E-state index contributed by atoms with van der Waals surface area (Å²) in [6, 6.07) is 3.30. The maximum atomic E-state index is 10.3. The molecule has 13 heavy (non-hydrogen) atoms. The predicted octanol–water partition coefficient (Wildman–Crippen LogP) is -0.109. The first-order chi connectivity index (χ1) is 6.18. The Hall–Kier alpha value is -2.02. The van der Waals surface area contributed by atoms with Gasteiger partial charge in [0, 0.05) is 11.9 Å². The van der Waals surface area contributed by atoms with Crippen LogP contribution in [0.25, 0.3) is 0 Å². The van der Waals surface area contributed by atoms with Gasteiger partial charge >= 0.3 is 0 Å². The van der Waals surface area contributed by atoms with Gasteiger partial charge in [0.15, 0.2) is 0 Å². The summed E-state index contributed by atoms with van der Waals surface area (Å²) in [4.78, 5) is 14.3. The molecular weight excluding hydrogens is 166 g/mol. The minimum absolute atomic E-state index is 0.0382. The van der Waals surface area contributed by atoms with Crippen LogP contribution < -0.4 is 11.5 Å². The maximum absolute atomic E-state index is 10.3. The molecule has 66 valence electrons. The number of primary amides is 1. The number of anilines is 1. The lowest BCUT2D eigenvalue weighted by atomic mass is 10.3. The van der Waals surface area contributed by atoms with E-state index in [1.165, 1.54) is 0 Å². The average Bonchev–Trinajstić information content (AvgIpc) is 2.03. The Morgan fingerprint density at radius 2 is 2.38 bits per heavy atom. The Kier molecular flexibility index (Phi) is 2.87. The van der Waals surface area contributed by atoms with Crippen molar-refractivity contribution >= 4 is 11.6 Å². The molecule has 4 heteroatoms. The molecule has 1 aromatic rings. The van der Waals surface area contributed by atoms with Gasteiger partial charge in [0.25, 0.3) is 0 Å². The number of hydrogen-bond acceptors (Lipinski definition) is 3. The summed E-state index contributed by atoms with van der Waals surface area (Å²) in [7, 11) is 0. The number of nitrogens with two attached hydrogens (primary N) is 2. The molecular formula is C9H9N3O. The molecule has 0 radical (unpaired) electrons. The van der Waals surface area contributed by atoms with Crippen molar-refractivity contribution in [1.82, 2.24) is 4.98 Å². The van der Waals surface area contributed by atoms with Crippen LogP contribution in [0.15, 0.2) is 18.3 Å². The number of carbonyl (C=O) groups is 1. The molecule has 1 heterocycles. The summed E-state index contributed by atoms with van der Waals surface area (Å²) in [6.07, 6.45) is 1.60. The highest BCUT2D eigenvalue weighted by atomic mass is 16.1. The third kappa shape index (κ3) is 3.25.